The van der Waals surface area contributed by atoms with Gasteiger partial charge in [-0.05, 0) is 0 Å². The van der Waals surface area contributed by atoms with Crippen molar-refractivity contribution < 1.29 is 24.1 Å². The van der Waals surface area contributed by atoms with E-state index in [4.69, 9.17) is 9.47 Å². The van der Waals surface area contributed by atoms with E-state index in [1.54, 1.807) is 0 Å². The molecule has 1 heterocycles. The molecule has 1 saturated heterocycles. The number of ether oxygens (including phenoxy) is 3. The Morgan fingerprint density at radius 1 is 1.50 bits per heavy atom. The summed E-state index contributed by atoms with van der Waals surface area (Å²) in [5.41, 5.74) is 0. The number of carbonyl (C=O) groups excluding carboxylic acids is 1. The van der Waals surface area contributed by atoms with Crippen LogP contribution in [0.5, 0.6) is 0 Å². The maximum absolute atomic E-state index is 11.0. The highest BCUT2D eigenvalue weighted by Gasteiger charge is 2.29. The number of rotatable bonds is 3. The first-order valence-electron chi connectivity index (χ1n) is 4.58. The SMILES string of the molecule is COC(=O)C[C@H]1C[C@@H](O)C[C@@H](OC)O1. The fourth-order valence-electron chi connectivity index (χ4n) is 1.50. The molecule has 1 aliphatic heterocycles. The van der Waals surface area contributed by atoms with Crippen LogP contribution in [0.3, 0.4) is 0 Å². The average molecular weight is 204 g/mol. The van der Waals surface area contributed by atoms with Crippen molar-refractivity contribution >= 4 is 5.97 Å². The zero-order chi connectivity index (χ0) is 10.6. The van der Waals surface area contributed by atoms with Crippen LogP contribution in [0.1, 0.15) is 19.3 Å². The van der Waals surface area contributed by atoms with E-state index in [1.165, 1.54) is 14.2 Å². The lowest BCUT2D eigenvalue weighted by molar-refractivity contribution is -0.206. The Balaban J connectivity index is 2.40. The molecular weight excluding hydrogens is 188 g/mol. The molecule has 3 atom stereocenters. The van der Waals surface area contributed by atoms with Crippen LogP contribution in [0, 0.1) is 0 Å². The van der Waals surface area contributed by atoms with Gasteiger partial charge in [-0.2, -0.15) is 0 Å². The second-order valence-corrected chi connectivity index (χ2v) is 3.33. The number of aliphatic hydroxyl groups is 1. The Bertz CT molecular complexity index is 194. The maximum atomic E-state index is 11.0. The van der Waals surface area contributed by atoms with Gasteiger partial charge in [-0.3, -0.25) is 4.79 Å². The minimum Gasteiger partial charge on any atom is -0.469 e. The number of esters is 1. The summed E-state index contributed by atoms with van der Waals surface area (Å²) in [5, 5.41) is 9.45. The maximum Gasteiger partial charge on any atom is 0.308 e. The second kappa shape index (κ2) is 5.29. The van der Waals surface area contributed by atoms with Crippen LogP contribution in [-0.4, -0.2) is 43.8 Å². The van der Waals surface area contributed by atoms with Crippen molar-refractivity contribution in [2.45, 2.75) is 37.8 Å². The number of carbonyl (C=O) groups is 1. The molecule has 1 N–H and O–H groups in total. The first-order valence-corrected chi connectivity index (χ1v) is 4.58. The summed E-state index contributed by atoms with van der Waals surface area (Å²) in [6, 6.07) is 0. The molecule has 14 heavy (non-hydrogen) atoms. The van der Waals surface area contributed by atoms with Gasteiger partial charge in [0, 0.05) is 20.0 Å². The first-order chi connectivity index (χ1) is 6.65. The molecule has 0 aromatic carbocycles. The summed E-state index contributed by atoms with van der Waals surface area (Å²) in [5.74, 6) is -0.334. The lowest BCUT2D eigenvalue weighted by Gasteiger charge is -2.31. The molecule has 0 amide bonds. The van der Waals surface area contributed by atoms with Gasteiger partial charge in [0.05, 0.1) is 25.7 Å². The molecule has 5 heteroatoms. The Morgan fingerprint density at radius 2 is 2.21 bits per heavy atom. The van der Waals surface area contributed by atoms with Crippen LogP contribution >= 0.6 is 0 Å². The van der Waals surface area contributed by atoms with Crippen molar-refractivity contribution in [1.29, 1.82) is 0 Å². The number of hydrogen-bond acceptors (Lipinski definition) is 5. The molecule has 0 bridgehead atoms. The third-order valence-electron chi connectivity index (χ3n) is 2.23. The van der Waals surface area contributed by atoms with Gasteiger partial charge in [0.2, 0.25) is 0 Å². The Hall–Kier alpha value is -0.650. The molecule has 0 radical (unpaired) electrons. The van der Waals surface area contributed by atoms with Crippen LogP contribution < -0.4 is 0 Å². The van der Waals surface area contributed by atoms with Crippen molar-refractivity contribution in [3.05, 3.63) is 0 Å². The van der Waals surface area contributed by atoms with Crippen molar-refractivity contribution in [3.8, 4) is 0 Å². The number of hydrogen-bond donors (Lipinski definition) is 1. The van der Waals surface area contributed by atoms with Crippen LogP contribution in [-0.2, 0) is 19.0 Å². The van der Waals surface area contributed by atoms with Gasteiger partial charge in [0.1, 0.15) is 0 Å². The fourth-order valence-corrected chi connectivity index (χ4v) is 1.50. The third-order valence-corrected chi connectivity index (χ3v) is 2.23. The molecule has 82 valence electrons. The van der Waals surface area contributed by atoms with Crippen molar-refractivity contribution in [3.63, 3.8) is 0 Å². The van der Waals surface area contributed by atoms with Gasteiger partial charge in [-0.15, -0.1) is 0 Å². The van der Waals surface area contributed by atoms with E-state index in [9.17, 15) is 9.90 Å². The highest BCUT2D eigenvalue weighted by molar-refractivity contribution is 5.69. The molecule has 1 rings (SSSR count). The Kier molecular flexibility index (Phi) is 4.31. The van der Waals surface area contributed by atoms with Crippen LogP contribution in [0.25, 0.3) is 0 Å². The number of methoxy groups -OCH3 is 2. The standard InChI is InChI=1S/C9H16O5/c1-12-8(11)5-7-3-6(10)4-9(13-2)14-7/h6-7,9-10H,3-5H2,1-2H3/t6-,7-,9+/m1/s1. The zero-order valence-corrected chi connectivity index (χ0v) is 8.43. The molecule has 5 nitrogen and oxygen atoms in total. The molecule has 1 aliphatic rings. The Morgan fingerprint density at radius 3 is 2.79 bits per heavy atom. The summed E-state index contributed by atoms with van der Waals surface area (Å²) in [6.07, 6.45) is -0.135. The van der Waals surface area contributed by atoms with Crippen LogP contribution in [0.4, 0.5) is 0 Å². The van der Waals surface area contributed by atoms with Crippen molar-refractivity contribution in [2.24, 2.45) is 0 Å². The molecule has 0 saturated carbocycles. The summed E-state index contributed by atoms with van der Waals surface area (Å²) in [6.45, 7) is 0. The molecule has 0 aromatic rings. The minimum atomic E-state index is -0.469. The predicted molar refractivity (Wildman–Crippen MR) is 47.5 cm³/mol. The van der Waals surface area contributed by atoms with E-state index in [2.05, 4.69) is 4.74 Å². The predicted octanol–water partition coefficient (Wildman–Crippen LogP) is 0.0619. The monoisotopic (exact) mass is 204 g/mol. The summed E-state index contributed by atoms with van der Waals surface area (Å²) in [4.78, 5) is 11.0. The molecule has 0 spiro atoms. The zero-order valence-electron chi connectivity index (χ0n) is 8.43. The van der Waals surface area contributed by atoms with E-state index >= 15 is 0 Å². The lowest BCUT2D eigenvalue weighted by atomic mass is 10.0. The third kappa shape index (κ3) is 3.25. The summed E-state index contributed by atoms with van der Waals surface area (Å²) >= 11 is 0. The fraction of sp³-hybridized carbons (Fsp3) is 0.889. The normalized spacial score (nSPS) is 32.6. The van der Waals surface area contributed by atoms with Crippen molar-refractivity contribution in [1.82, 2.24) is 0 Å². The molecular formula is C9H16O5. The highest BCUT2D eigenvalue weighted by atomic mass is 16.7. The minimum absolute atomic E-state index is 0.160. The van der Waals surface area contributed by atoms with Gasteiger partial charge >= 0.3 is 5.97 Å². The number of aliphatic hydroxyl groups excluding tert-OH is 1. The van der Waals surface area contributed by atoms with Crippen LogP contribution in [0.15, 0.2) is 0 Å². The van der Waals surface area contributed by atoms with Gasteiger partial charge in [0.15, 0.2) is 6.29 Å². The topological polar surface area (TPSA) is 65.0 Å². The highest BCUT2D eigenvalue weighted by Crippen LogP contribution is 2.22. The van der Waals surface area contributed by atoms with Gasteiger partial charge < -0.3 is 19.3 Å². The van der Waals surface area contributed by atoms with Crippen LogP contribution in [0.2, 0.25) is 0 Å². The Labute approximate surface area is 82.9 Å². The quantitative estimate of drug-likeness (QED) is 0.659. The van der Waals surface area contributed by atoms with E-state index in [1.807, 2.05) is 0 Å². The van der Waals surface area contributed by atoms with Crippen molar-refractivity contribution in [2.75, 3.05) is 14.2 Å². The smallest absolute Gasteiger partial charge is 0.308 e. The summed E-state index contributed by atoms with van der Waals surface area (Å²) < 4.78 is 14.9. The summed E-state index contributed by atoms with van der Waals surface area (Å²) in [7, 11) is 2.84. The van der Waals surface area contributed by atoms with E-state index in [0.29, 0.717) is 12.8 Å². The lowest BCUT2D eigenvalue weighted by Crippen LogP contribution is -2.37. The molecule has 0 aromatic heterocycles. The first kappa shape index (κ1) is 11.4. The second-order valence-electron chi connectivity index (χ2n) is 3.33. The van der Waals surface area contributed by atoms with E-state index in [0.717, 1.165) is 0 Å². The molecule has 1 fully saturated rings. The van der Waals surface area contributed by atoms with E-state index in [-0.39, 0.29) is 18.5 Å². The average Bonchev–Trinajstić information content (AvgIpc) is 2.16. The molecule has 0 aliphatic carbocycles. The van der Waals surface area contributed by atoms with Gasteiger partial charge in [0.25, 0.3) is 0 Å². The largest absolute Gasteiger partial charge is 0.469 e. The van der Waals surface area contributed by atoms with Gasteiger partial charge in [-0.25, -0.2) is 0 Å². The van der Waals surface area contributed by atoms with Gasteiger partial charge in [-0.1, -0.05) is 0 Å². The molecule has 0 unspecified atom stereocenters. The van der Waals surface area contributed by atoms with E-state index < -0.39 is 12.4 Å².